The minimum Gasteiger partial charge on any atom is -0.380 e. The van der Waals surface area contributed by atoms with Gasteiger partial charge in [-0.15, -0.1) is 0 Å². The van der Waals surface area contributed by atoms with Crippen LogP contribution in [-0.4, -0.2) is 11.0 Å². The molecule has 0 aromatic heterocycles. The fourth-order valence-electron chi connectivity index (χ4n) is 2.30. The third kappa shape index (κ3) is 1.66. The van der Waals surface area contributed by atoms with Crippen LogP contribution in [0.2, 0.25) is 0 Å². The minimum absolute atomic E-state index is 0.163. The molecule has 1 heterocycles. The van der Waals surface area contributed by atoms with Gasteiger partial charge in [-0.2, -0.15) is 0 Å². The van der Waals surface area contributed by atoms with Crippen molar-refractivity contribution < 1.29 is 9.90 Å². The lowest BCUT2D eigenvalue weighted by Gasteiger charge is -2.44. The Labute approximate surface area is 108 Å². The first-order chi connectivity index (χ1) is 8.43. The second-order valence-electron chi connectivity index (χ2n) is 5.20. The lowest BCUT2D eigenvalue weighted by atomic mass is 9.67. The highest BCUT2D eigenvalue weighted by molar-refractivity contribution is 5.99. The van der Waals surface area contributed by atoms with Crippen molar-refractivity contribution in [2.45, 2.75) is 32.8 Å². The highest BCUT2D eigenvalue weighted by atomic mass is 16.3. The fourth-order valence-corrected chi connectivity index (χ4v) is 2.30. The Bertz CT molecular complexity index is 505. The van der Waals surface area contributed by atoms with E-state index in [9.17, 15) is 9.90 Å². The van der Waals surface area contributed by atoms with Gasteiger partial charge in [-0.1, -0.05) is 37.3 Å². The summed E-state index contributed by atoms with van der Waals surface area (Å²) in [5.41, 5.74) is -0.723. The number of aliphatic hydroxyl groups is 1. The van der Waals surface area contributed by atoms with Crippen molar-refractivity contribution in [2.75, 3.05) is 5.32 Å². The molecular weight excluding hydrogens is 226 g/mol. The van der Waals surface area contributed by atoms with Crippen LogP contribution in [0, 0.1) is 5.41 Å². The number of amides is 1. The van der Waals surface area contributed by atoms with Crippen LogP contribution >= 0.6 is 0 Å². The van der Waals surface area contributed by atoms with Crippen molar-refractivity contribution >= 4 is 11.6 Å². The lowest BCUT2D eigenvalue weighted by molar-refractivity contribution is -0.137. The first-order valence-corrected chi connectivity index (χ1v) is 6.24. The molecule has 0 saturated heterocycles. The number of fused-ring (bicyclic) bond motifs is 1. The summed E-state index contributed by atoms with van der Waals surface area (Å²) in [5, 5.41) is 13.9. The second-order valence-corrected chi connectivity index (χ2v) is 5.20. The molecule has 0 spiro atoms. The number of para-hydroxylation sites is 1. The number of anilines is 1. The first kappa shape index (κ1) is 12.8. The molecule has 0 fully saturated rings. The summed E-state index contributed by atoms with van der Waals surface area (Å²) < 4.78 is 0. The van der Waals surface area contributed by atoms with E-state index in [0.29, 0.717) is 5.69 Å². The molecule has 18 heavy (non-hydrogen) atoms. The summed E-state index contributed by atoms with van der Waals surface area (Å²) >= 11 is 0. The number of rotatable bonds is 2. The van der Waals surface area contributed by atoms with Crippen LogP contribution in [0.1, 0.15) is 32.8 Å². The zero-order valence-corrected chi connectivity index (χ0v) is 11.0. The largest absolute Gasteiger partial charge is 0.380 e. The van der Waals surface area contributed by atoms with Gasteiger partial charge in [0.25, 0.3) is 0 Å². The summed E-state index contributed by atoms with van der Waals surface area (Å²) in [5.74, 6) is -0.163. The molecule has 0 bridgehead atoms. The third-order valence-electron chi connectivity index (χ3n) is 3.70. The maximum absolute atomic E-state index is 12.2. The zero-order valence-electron chi connectivity index (χ0n) is 11.0. The molecule has 1 atom stereocenters. The van der Waals surface area contributed by atoms with E-state index in [1.54, 1.807) is 19.9 Å². The minimum atomic E-state index is -1.26. The smallest absolute Gasteiger partial charge is 0.233 e. The van der Waals surface area contributed by atoms with Crippen LogP contribution in [-0.2, 0) is 10.4 Å². The predicted octanol–water partition coefficient (Wildman–Crippen LogP) is 2.82. The van der Waals surface area contributed by atoms with Gasteiger partial charge in [-0.05, 0) is 26.3 Å². The number of nitrogens with one attached hydrogen (secondary N) is 1. The Hall–Kier alpha value is -1.61. The van der Waals surface area contributed by atoms with Crippen molar-refractivity contribution in [3.63, 3.8) is 0 Å². The molecule has 2 N–H and O–H groups in total. The van der Waals surface area contributed by atoms with Crippen molar-refractivity contribution in [3.8, 4) is 0 Å². The van der Waals surface area contributed by atoms with E-state index >= 15 is 0 Å². The quantitative estimate of drug-likeness (QED) is 0.787. The summed E-state index contributed by atoms with van der Waals surface area (Å²) in [6, 6.07) is 7.39. The molecule has 0 radical (unpaired) electrons. The Kier molecular flexibility index (Phi) is 3.03. The van der Waals surface area contributed by atoms with E-state index in [2.05, 4.69) is 5.32 Å². The van der Waals surface area contributed by atoms with Gasteiger partial charge in [0.15, 0.2) is 0 Å². The average Bonchev–Trinajstić information content (AvgIpc) is 2.35. The molecule has 3 heteroatoms. The second kappa shape index (κ2) is 4.25. The molecule has 1 unspecified atom stereocenters. The van der Waals surface area contributed by atoms with Gasteiger partial charge >= 0.3 is 0 Å². The van der Waals surface area contributed by atoms with Crippen molar-refractivity contribution in [2.24, 2.45) is 5.41 Å². The maximum atomic E-state index is 12.2. The van der Waals surface area contributed by atoms with Crippen LogP contribution < -0.4 is 5.32 Å². The van der Waals surface area contributed by atoms with Crippen LogP contribution in [0.4, 0.5) is 5.69 Å². The van der Waals surface area contributed by atoms with E-state index in [0.717, 1.165) is 12.0 Å². The number of carbonyl (C=O) groups excluding carboxylic acids is 1. The molecule has 0 saturated carbocycles. The monoisotopic (exact) mass is 245 g/mol. The van der Waals surface area contributed by atoms with Crippen molar-refractivity contribution in [3.05, 3.63) is 42.0 Å². The summed E-state index contributed by atoms with van der Waals surface area (Å²) in [4.78, 5) is 12.2. The molecular formula is C15H19NO2. The Morgan fingerprint density at radius 1 is 1.33 bits per heavy atom. The van der Waals surface area contributed by atoms with Gasteiger partial charge in [0, 0.05) is 11.3 Å². The highest BCUT2D eigenvalue weighted by Gasteiger charge is 2.52. The van der Waals surface area contributed by atoms with E-state index in [1.165, 1.54) is 0 Å². The summed E-state index contributed by atoms with van der Waals surface area (Å²) in [6.45, 7) is 5.53. The number of carbonyl (C=O) groups is 1. The van der Waals surface area contributed by atoms with Gasteiger partial charge in [0.05, 0.1) is 5.41 Å². The number of hydrogen-bond acceptors (Lipinski definition) is 2. The molecule has 1 aromatic rings. The molecule has 1 aromatic carbocycles. The predicted molar refractivity (Wildman–Crippen MR) is 72.2 cm³/mol. The Balaban J connectivity index is 2.65. The number of benzene rings is 1. The lowest BCUT2D eigenvalue weighted by Crippen LogP contribution is -2.52. The third-order valence-corrected chi connectivity index (χ3v) is 3.70. The van der Waals surface area contributed by atoms with Crippen LogP contribution in [0.3, 0.4) is 0 Å². The average molecular weight is 245 g/mol. The van der Waals surface area contributed by atoms with Gasteiger partial charge in [-0.3, -0.25) is 4.79 Å². The number of allylic oxidation sites excluding steroid dienone is 1. The van der Waals surface area contributed by atoms with E-state index in [-0.39, 0.29) is 5.91 Å². The van der Waals surface area contributed by atoms with E-state index in [1.807, 2.05) is 37.3 Å². The molecule has 1 aliphatic rings. The molecule has 1 aliphatic heterocycles. The molecule has 0 aliphatic carbocycles. The molecule has 3 nitrogen and oxygen atoms in total. The maximum Gasteiger partial charge on any atom is 0.233 e. The van der Waals surface area contributed by atoms with Crippen molar-refractivity contribution in [1.82, 2.24) is 0 Å². The SMILES string of the molecule is CC/C=C/C1(O)c2ccccc2NC(=O)C1(C)C. The van der Waals surface area contributed by atoms with Gasteiger partial charge < -0.3 is 10.4 Å². The van der Waals surface area contributed by atoms with Crippen LogP contribution in [0.5, 0.6) is 0 Å². The van der Waals surface area contributed by atoms with E-state index in [4.69, 9.17) is 0 Å². The Morgan fingerprint density at radius 2 is 2.00 bits per heavy atom. The highest BCUT2D eigenvalue weighted by Crippen LogP contribution is 2.47. The fraction of sp³-hybridized carbons (Fsp3) is 0.400. The zero-order chi connectivity index (χ0) is 13.4. The molecule has 1 amide bonds. The van der Waals surface area contributed by atoms with Gasteiger partial charge in [0.1, 0.15) is 5.60 Å². The molecule has 96 valence electrons. The standard InChI is InChI=1S/C15H19NO2/c1-4-5-10-15(18)11-8-6-7-9-12(11)16-13(17)14(15,2)3/h5-10,18H,4H2,1-3H3,(H,16,17)/b10-5+. The molecule has 2 rings (SSSR count). The normalized spacial score (nSPS) is 25.9. The van der Waals surface area contributed by atoms with Crippen LogP contribution in [0.25, 0.3) is 0 Å². The first-order valence-electron chi connectivity index (χ1n) is 6.24. The summed E-state index contributed by atoms with van der Waals surface area (Å²) in [7, 11) is 0. The number of hydrogen-bond donors (Lipinski definition) is 2. The topological polar surface area (TPSA) is 49.3 Å². The Morgan fingerprint density at radius 3 is 2.67 bits per heavy atom. The van der Waals surface area contributed by atoms with Crippen LogP contribution in [0.15, 0.2) is 36.4 Å². The summed E-state index contributed by atoms with van der Waals surface area (Å²) in [6.07, 6.45) is 4.46. The van der Waals surface area contributed by atoms with E-state index < -0.39 is 11.0 Å². The van der Waals surface area contributed by atoms with Gasteiger partial charge in [0.2, 0.25) is 5.91 Å². The van der Waals surface area contributed by atoms with Gasteiger partial charge in [-0.25, -0.2) is 0 Å². The van der Waals surface area contributed by atoms with Crippen molar-refractivity contribution in [1.29, 1.82) is 0 Å².